The summed E-state index contributed by atoms with van der Waals surface area (Å²) in [5.41, 5.74) is 0. The first-order chi connectivity index (χ1) is 7.31. The zero-order valence-electron chi connectivity index (χ0n) is 9.18. The lowest BCUT2D eigenvalue weighted by Crippen LogP contribution is -2.23. The Morgan fingerprint density at radius 2 is 2.47 bits per heavy atom. The van der Waals surface area contributed by atoms with E-state index in [0.717, 1.165) is 31.9 Å². The molecule has 2 atom stereocenters. The van der Waals surface area contributed by atoms with Crippen LogP contribution in [0.4, 0.5) is 5.95 Å². The number of nitrogens with zero attached hydrogens (tertiary/aromatic N) is 4. The highest BCUT2D eigenvalue weighted by atomic mass is 16.5. The lowest BCUT2D eigenvalue weighted by Gasteiger charge is -2.16. The van der Waals surface area contributed by atoms with Crippen molar-refractivity contribution in [2.24, 2.45) is 13.0 Å². The fourth-order valence-corrected chi connectivity index (χ4v) is 1.98. The molecule has 0 bridgehead atoms. The third kappa shape index (κ3) is 2.26. The van der Waals surface area contributed by atoms with E-state index in [4.69, 9.17) is 4.74 Å². The second kappa shape index (κ2) is 4.57. The molecule has 0 radical (unpaired) electrons. The van der Waals surface area contributed by atoms with Crippen LogP contribution in [0.2, 0.25) is 0 Å². The Hall–Kier alpha value is -1.17. The number of rotatable bonds is 4. The van der Waals surface area contributed by atoms with Crippen LogP contribution in [0.1, 0.15) is 19.8 Å². The molecular formula is C9H17N5O. The van der Waals surface area contributed by atoms with Crippen LogP contribution >= 0.6 is 0 Å². The van der Waals surface area contributed by atoms with Crippen molar-refractivity contribution in [3.05, 3.63) is 0 Å². The highest BCUT2D eigenvalue weighted by molar-refractivity contribution is 5.21. The molecule has 2 rings (SSSR count). The molecule has 0 saturated carbocycles. The SMILES string of the molecule is CCC1OCCC1CNc1nnnn1C. The van der Waals surface area contributed by atoms with Crippen LogP contribution in [0.15, 0.2) is 0 Å². The van der Waals surface area contributed by atoms with E-state index in [9.17, 15) is 0 Å². The number of aryl methyl sites for hydroxylation is 1. The molecule has 1 saturated heterocycles. The van der Waals surface area contributed by atoms with E-state index in [0.29, 0.717) is 12.0 Å². The quantitative estimate of drug-likeness (QED) is 0.782. The number of tetrazole rings is 1. The summed E-state index contributed by atoms with van der Waals surface area (Å²) in [5, 5.41) is 14.5. The van der Waals surface area contributed by atoms with Gasteiger partial charge in [0.15, 0.2) is 0 Å². The standard InChI is InChI=1S/C9H17N5O/c1-3-8-7(4-5-15-8)6-10-9-11-12-13-14(9)2/h7-8H,3-6H2,1-2H3,(H,10,11,13). The number of aromatic nitrogens is 4. The Balaban J connectivity index is 1.85. The molecule has 2 unspecified atom stereocenters. The lowest BCUT2D eigenvalue weighted by molar-refractivity contribution is 0.0899. The van der Waals surface area contributed by atoms with Crippen LogP contribution in [0, 0.1) is 5.92 Å². The molecule has 0 spiro atoms. The maximum Gasteiger partial charge on any atom is 0.242 e. The van der Waals surface area contributed by atoms with Crippen molar-refractivity contribution in [1.29, 1.82) is 0 Å². The van der Waals surface area contributed by atoms with Gasteiger partial charge in [-0.05, 0) is 23.3 Å². The molecule has 6 nitrogen and oxygen atoms in total. The third-order valence-corrected chi connectivity index (χ3v) is 2.89. The second-order valence-corrected chi connectivity index (χ2v) is 3.87. The molecule has 2 heterocycles. The van der Waals surface area contributed by atoms with Gasteiger partial charge in [0.2, 0.25) is 5.95 Å². The van der Waals surface area contributed by atoms with Crippen molar-refractivity contribution in [2.75, 3.05) is 18.5 Å². The minimum absolute atomic E-state index is 0.388. The van der Waals surface area contributed by atoms with E-state index in [1.807, 2.05) is 7.05 Å². The molecule has 0 aromatic carbocycles. The van der Waals surface area contributed by atoms with Gasteiger partial charge in [0.25, 0.3) is 0 Å². The summed E-state index contributed by atoms with van der Waals surface area (Å²) < 4.78 is 7.25. The predicted octanol–water partition coefficient (Wildman–Crippen LogP) is 0.437. The molecule has 0 amide bonds. The van der Waals surface area contributed by atoms with E-state index in [-0.39, 0.29) is 0 Å². The molecule has 1 fully saturated rings. The van der Waals surface area contributed by atoms with Crippen molar-refractivity contribution >= 4 is 5.95 Å². The van der Waals surface area contributed by atoms with Crippen LogP contribution in [0.3, 0.4) is 0 Å². The molecule has 84 valence electrons. The summed E-state index contributed by atoms with van der Waals surface area (Å²) in [4.78, 5) is 0. The van der Waals surface area contributed by atoms with E-state index >= 15 is 0 Å². The monoisotopic (exact) mass is 211 g/mol. The summed E-state index contributed by atoms with van der Waals surface area (Å²) >= 11 is 0. The fourth-order valence-electron chi connectivity index (χ4n) is 1.98. The topological polar surface area (TPSA) is 64.9 Å². The van der Waals surface area contributed by atoms with Crippen molar-refractivity contribution < 1.29 is 4.74 Å². The Labute approximate surface area is 89.0 Å². The average molecular weight is 211 g/mol. The summed E-state index contributed by atoms with van der Waals surface area (Å²) in [6, 6.07) is 0. The maximum absolute atomic E-state index is 5.62. The zero-order valence-corrected chi connectivity index (χ0v) is 9.18. The van der Waals surface area contributed by atoms with Gasteiger partial charge in [-0.1, -0.05) is 12.0 Å². The van der Waals surface area contributed by atoms with Crippen LogP contribution in [0.25, 0.3) is 0 Å². The van der Waals surface area contributed by atoms with Crippen molar-refractivity contribution in [1.82, 2.24) is 20.2 Å². The molecule has 6 heteroatoms. The molecule has 1 N–H and O–H groups in total. The molecule has 1 aromatic rings. The molecule has 0 aliphatic carbocycles. The molecular weight excluding hydrogens is 194 g/mol. The van der Waals surface area contributed by atoms with Gasteiger partial charge in [0.1, 0.15) is 0 Å². The molecule has 1 aliphatic heterocycles. The number of ether oxygens (including phenoxy) is 1. The van der Waals surface area contributed by atoms with Crippen molar-refractivity contribution in [3.8, 4) is 0 Å². The van der Waals surface area contributed by atoms with Crippen molar-refractivity contribution in [3.63, 3.8) is 0 Å². The van der Waals surface area contributed by atoms with E-state index < -0.39 is 0 Å². The first-order valence-electron chi connectivity index (χ1n) is 5.39. The number of hydrogen-bond donors (Lipinski definition) is 1. The van der Waals surface area contributed by atoms with Gasteiger partial charge in [0.05, 0.1) is 6.10 Å². The molecule has 1 aromatic heterocycles. The summed E-state index contributed by atoms with van der Waals surface area (Å²) in [6.45, 7) is 3.92. The van der Waals surface area contributed by atoms with Crippen LogP contribution < -0.4 is 5.32 Å². The third-order valence-electron chi connectivity index (χ3n) is 2.89. The number of anilines is 1. The normalized spacial score (nSPS) is 25.7. The van der Waals surface area contributed by atoms with Crippen LogP contribution in [-0.4, -0.2) is 39.5 Å². The van der Waals surface area contributed by atoms with E-state index in [2.05, 4.69) is 27.8 Å². The number of hydrogen-bond acceptors (Lipinski definition) is 5. The Morgan fingerprint density at radius 1 is 1.60 bits per heavy atom. The number of nitrogens with one attached hydrogen (secondary N) is 1. The van der Waals surface area contributed by atoms with Gasteiger partial charge in [-0.15, -0.1) is 0 Å². The highest BCUT2D eigenvalue weighted by Gasteiger charge is 2.26. The van der Waals surface area contributed by atoms with Gasteiger partial charge in [-0.25, -0.2) is 4.68 Å². The van der Waals surface area contributed by atoms with E-state index in [1.165, 1.54) is 0 Å². The lowest BCUT2D eigenvalue weighted by atomic mass is 10.00. The zero-order chi connectivity index (χ0) is 10.7. The smallest absolute Gasteiger partial charge is 0.242 e. The summed E-state index contributed by atoms with van der Waals surface area (Å²) in [7, 11) is 1.82. The Bertz CT molecular complexity index is 313. The van der Waals surface area contributed by atoms with Gasteiger partial charge in [-0.3, -0.25) is 0 Å². The van der Waals surface area contributed by atoms with Crippen molar-refractivity contribution in [2.45, 2.75) is 25.9 Å². The Morgan fingerprint density at radius 3 is 3.13 bits per heavy atom. The largest absolute Gasteiger partial charge is 0.378 e. The highest BCUT2D eigenvalue weighted by Crippen LogP contribution is 2.23. The maximum atomic E-state index is 5.62. The fraction of sp³-hybridized carbons (Fsp3) is 0.889. The molecule has 15 heavy (non-hydrogen) atoms. The first kappa shape index (κ1) is 10.4. The summed E-state index contributed by atoms with van der Waals surface area (Å²) in [6.07, 6.45) is 2.58. The average Bonchev–Trinajstić information content (AvgIpc) is 2.83. The van der Waals surface area contributed by atoms with E-state index in [1.54, 1.807) is 4.68 Å². The first-order valence-corrected chi connectivity index (χ1v) is 5.39. The predicted molar refractivity (Wildman–Crippen MR) is 55.4 cm³/mol. The van der Waals surface area contributed by atoms with Crippen LogP contribution in [0.5, 0.6) is 0 Å². The van der Waals surface area contributed by atoms with Gasteiger partial charge in [0, 0.05) is 26.1 Å². The molecule has 1 aliphatic rings. The second-order valence-electron chi connectivity index (χ2n) is 3.87. The van der Waals surface area contributed by atoms with Crippen LogP contribution in [-0.2, 0) is 11.8 Å². The summed E-state index contributed by atoms with van der Waals surface area (Å²) in [5.74, 6) is 1.29. The minimum atomic E-state index is 0.388. The Kier molecular flexibility index (Phi) is 3.15. The van der Waals surface area contributed by atoms with Gasteiger partial charge in [-0.2, -0.15) is 0 Å². The van der Waals surface area contributed by atoms with Gasteiger partial charge >= 0.3 is 0 Å². The minimum Gasteiger partial charge on any atom is -0.378 e. The van der Waals surface area contributed by atoms with Gasteiger partial charge < -0.3 is 10.1 Å².